The molecule has 0 saturated carbocycles. The predicted octanol–water partition coefficient (Wildman–Crippen LogP) is -0.228. The molecule has 0 heterocycles. The van der Waals surface area contributed by atoms with Crippen molar-refractivity contribution >= 4 is 11.9 Å². The fourth-order valence-electron chi connectivity index (χ4n) is 1.25. The molecule has 6 heteroatoms. The van der Waals surface area contributed by atoms with Gasteiger partial charge in [0, 0.05) is 13.5 Å². The highest BCUT2D eigenvalue weighted by Gasteiger charge is 2.21. The summed E-state index contributed by atoms with van der Waals surface area (Å²) in [6.45, 7) is 2.11. The summed E-state index contributed by atoms with van der Waals surface area (Å²) in [5, 5.41) is 20.6. The molecule has 0 fully saturated rings. The number of carbonyl (C=O) groups excluding carboxylic acids is 1. The Labute approximate surface area is 101 Å². The van der Waals surface area contributed by atoms with Crippen LogP contribution in [0.5, 0.6) is 0 Å². The SMILES string of the molecule is CC[CH]C(O)C([CH]COC)NC(=O)CC(=O)O. The lowest BCUT2D eigenvalue weighted by Crippen LogP contribution is -2.45. The van der Waals surface area contributed by atoms with Crippen LogP contribution in [-0.2, 0) is 14.3 Å². The topological polar surface area (TPSA) is 95.9 Å². The van der Waals surface area contributed by atoms with Crippen molar-refractivity contribution < 1.29 is 24.5 Å². The van der Waals surface area contributed by atoms with E-state index < -0.39 is 30.4 Å². The van der Waals surface area contributed by atoms with Crippen LogP contribution in [0.15, 0.2) is 0 Å². The van der Waals surface area contributed by atoms with Crippen molar-refractivity contribution in [3.63, 3.8) is 0 Å². The molecule has 0 spiro atoms. The lowest BCUT2D eigenvalue weighted by Gasteiger charge is -2.23. The van der Waals surface area contributed by atoms with E-state index in [0.717, 1.165) is 0 Å². The van der Waals surface area contributed by atoms with Gasteiger partial charge in [0.2, 0.25) is 5.91 Å². The van der Waals surface area contributed by atoms with Crippen LogP contribution in [0.3, 0.4) is 0 Å². The van der Waals surface area contributed by atoms with E-state index in [0.29, 0.717) is 6.42 Å². The fourth-order valence-corrected chi connectivity index (χ4v) is 1.25. The number of aliphatic hydroxyl groups is 1. The average Bonchev–Trinajstić information content (AvgIpc) is 2.23. The highest BCUT2D eigenvalue weighted by Crippen LogP contribution is 2.05. The van der Waals surface area contributed by atoms with Gasteiger partial charge in [-0.25, -0.2) is 0 Å². The smallest absolute Gasteiger partial charge is 0.312 e. The number of amides is 1. The number of aliphatic carboxylic acids is 1. The molecule has 2 radical (unpaired) electrons. The largest absolute Gasteiger partial charge is 0.481 e. The molecule has 0 bridgehead atoms. The number of hydrogen-bond acceptors (Lipinski definition) is 4. The summed E-state index contributed by atoms with van der Waals surface area (Å²) >= 11 is 0. The molecule has 0 saturated heterocycles. The first kappa shape index (κ1) is 15.9. The number of carboxylic acid groups (broad SMARTS) is 1. The first-order valence-corrected chi connectivity index (χ1v) is 5.36. The number of carbonyl (C=O) groups is 2. The molecular weight excluding hydrogens is 226 g/mol. The monoisotopic (exact) mass is 245 g/mol. The van der Waals surface area contributed by atoms with E-state index in [2.05, 4.69) is 5.32 Å². The molecule has 6 nitrogen and oxygen atoms in total. The van der Waals surface area contributed by atoms with Crippen molar-refractivity contribution in [2.24, 2.45) is 0 Å². The van der Waals surface area contributed by atoms with Crippen LogP contribution in [-0.4, -0.2) is 48.0 Å². The van der Waals surface area contributed by atoms with Gasteiger partial charge >= 0.3 is 5.97 Å². The van der Waals surface area contributed by atoms with Gasteiger partial charge < -0.3 is 20.3 Å². The molecule has 3 N–H and O–H groups in total. The summed E-state index contributed by atoms with van der Waals surface area (Å²) in [5.74, 6) is -1.85. The van der Waals surface area contributed by atoms with E-state index in [4.69, 9.17) is 9.84 Å². The van der Waals surface area contributed by atoms with Crippen LogP contribution in [0.4, 0.5) is 0 Å². The molecule has 0 aliphatic carbocycles. The molecule has 0 aliphatic heterocycles. The Balaban J connectivity index is 4.25. The summed E-state index contributed by atoms with van der Waals surface area (Å²) in [7, 11) is 1.49. The maximum absolute atomic E-state index is 11.3. The van der Waals surface area contributed by atoms with Gasteiger partial charge in [-0.15, -0.1) is 0 Å². The molecule has 0 aliphatic rings. The summed E-state index contributed by atoms with van der Waals surface area (Å²) < 4.78 is 4.82. The lowest BCUT2D eigenvalue weighted by molar-refractivity contribution is -0.141. The van der Waals surface area contributed by atoms with E-state index >= 15 is 0 Å². The van der Waals surface area contributed by atoms with Gasteiger partial charge in [-0.2, -0.15) is 0 Å². The molecule has 0 aromatic carbocycles. The van der Waals surface area contributed by atoms with Gasteiger partial charge in [-0.05, 0) is 6.42 Å². The van der Waals surface area contributed by atoms with Gasteiger partial charge in [0.25, 0.3) is 0 Å². The highest BCUT2D eigenvalue weighted by atomic mass is 16.5. The van der Waals surface area contributed by atoms with Crippen LogP contribution in [0, 0.1) is 12.8 Å². The van der Waals surface area contributed by atoms with Gasteiger partial charge in [-0.1, -0.05) is 13.3 Å². The van der Waals surface area contributed by atoms with Crippen molar-refractivity contribution in [3.8, 4) is 0 Å². The van der Waals surface area contributed by atoms with Crippen molar-refractivity contribution in [1.29, 1.82) is 0 Å². The van der Waals surface area contributed by atoms with Gasteiger partial charge in [0.05, 0.1) is 18.8 Å². The molecule has 98 valence electrons. The minimum absolute atomic E-state index is 0.257. The van der Waals surface area contributed by atoms with Crippen molar-refractivity contribution in [3.05, 3.63) is 12.8 Å². The van der Waals surface area contributed by atoms with Gasteiger partial charge in [0.1, 0.15) is 6.42 Å². The molecule has 0 aromatic heterocycles. The molecule has 2 unspecified atom stereocenters. The molecular formula is C11H19NO5. The summed E-state index contributed by atoms with van der Waals surface area (Å²) in [5.41, 5.74) is 0. The minimum Gasteiger partial charge on any atom is -0.481 e. The van der Waals surface area contributed by atoms with Crippen LogP contribution in [0.1, 0.15) is 19.8 Å². The molecule has 1 amide bonds. The summed E-state index contributed by atoms with van der Waals surface area (Å²) in [6.07, 6.45) is 2.38. The highest BCUT2D eigenvalue weighted by molar-refractivity contribution is 5.93. The Bertz CT molecular complexity index is 244. The third-order valence-electron chi connectivity index (χ3n) is 2.00. The van der Waals surface area contributed by atoms with Crippen LogP contribution >= 0.6 is 0 Å². The second kappa shape index (κ2) is 8.95. The number of methoxy groups -OCH3 is 1. The first-order valence-electron chi connectivity index (χ1n) is 5.36. The Morgan fingerprint density at radius 2 is 2.06 bits per heavy atom. The zero-order chi connectivity index (χ0) is 13.3. The minimum atomic E-state index is -1.21. The molecule has 0 aromatic rings. The molecule has 17 heavy (non-hydrogen) atoms. The van der Waals surface area contributed by atoms with E-state index in [9.17, 15) is 14.7 Å². The van der Waals surface area contributed by atoms with E-state index in [1.165, 1.54) is 7.11 Å². The maximum atomic E-state index is 11.3. The van der Waals surface area contributed by atoms with E-state index in [1.807, 2.05) is 6.92 Å². The van der Waals surface area contributed by atoms with Gasteiger partial charge in [0.15, 0.2) is 0 Å². The molecule has 2 atom stereocenters. The van der Waals surface area contributed by atoms with E-state index in [-0.39, 0.29) is 6.61 Å². The van der Waals surface area contributed by atoms with Crippen molar-refractivity contribution in [1.82, 2.24) is 5.32 Å². The van der Waals surface area contributed by atoms with Crippen LogP contribution in [0.2, 0.25) is 0 Å². The number of aliphatic hydroxyl groups excluding tert-OH is 1. The fraction of sp³-hybridized carbons (Fsp3) is 0.636. The average molecular weight is 245 g/mol. The predicted molar refractivity (Wildman–Crippen MR) is 61.0 cm³/mol. The number of nitrogens with one attached hydrogen (secondary N) is 1. The van der Waals surface area contributed by atoms with Crippen molar-refractivity contribution in [2.45, 2.75) is 31.9 Å². The zero-order valence-corrected chi connectivity index (χ0v) is 10.0. The second-order valence-electron chi connectivity index (χ2n) is 3.49. The number of rotatable bonds is 9. The summed E-state index contributed by atoms with van der Waals surface area (Å²) in [4.78, 5) is 21.6. The van der Waals surface area contributed by atoms with Gasteiger partial charge in [-0.3, -0.25) is 9.59 Å². The maximum Gasteiger partial charge on any atom is 0.312 e. The Morgan fingerprint density at radius 1 is 1.41 bits per heavy atom. The lowest BCUT2D eigenvalue weighted by atomic mass is 10.0. The summed E-state index contributed by atoms with van der Waals surface area (Å²) in [6, 6.07) is -0.637. The Kier molecular flexibility index (Phi) is 8.35. The number of carboxylic acids is 1. The normalized spacial score (nSPS) is 14.1. The number of ether oxygens (including phenoxy) is 1. The van der Waals surface area contributed by atoms with Crippen LogP contribution in [0.25, 0.3) is 0 Å². The van der Waals surface area contributed by atoms with Crippen molar-refractivity contribution in [2.75, 3.05) is 13.7 Å². The Hall–Kier alpha value is -1.14. The van der Waals surface area contributed by atoms with E-state index in [1.54, 1.807) is 12.8 Å². The Morgan fingerprint density at radius 3 is 2.53 bits per heavy atom. The second-order valence-corrected chi connectivity index (χ2v) is 3.49. The number of hydrogen-bond donors (Lipinski definition) is 3. The quantitative estimate of drug-likeness (QED) is 0.488. The standard InChI is InChI=1S/C11H19NO5/c1-3-4-9(13)8(5-6-17-2)12-10(14)7-11(15)16/h4-5,8-9,13H,3,6-7H2,1-2H3,(H,12,14)(H,15,16). The first-order chi connectivity index (χ1) is 8.01. The third kappa shape index (κ3) is 7.70. The zero-order valence-electron chi connectivity index (χ0n) is 10.0. The molecule has 0 rings (SSSR count). The van der Waals surface area contributed by atoms with Crippen LogP contribution < -0.4 is 5.32 Å². The third-order valence-corrected chi connectivity index (χ3v) is 2.00.